The molecule has 2 atom stereocenters. The number of hydrogen-bond acceptors (Lipinski definition) is 4. The predicted molar refractivity (Wildman–Crippen MR) is 81.7 cm³/mol. The van der Waals surface area contributed by atoms with Crippen LogP contribution in [0.25, 0.3) is 0 Å². The van der Waals surface area contributed by atoms with Gasteiger partial charge in [-0.25, -0.2) is 0 Å². The van der Waals surface area contributed by atoms with Gasteiger partial charge in [0.15, 0.2) is 0 Å². The molecule has 0 radical (unpaired) electrons. The molecule has 0 aromatic carbocycles. The molecule has 2 aliphatic heterocycles. The molecule has 0 bridgehead atoms. The molecule has 2 fully saturated rings. The van der Waals surface area contributed by atoms with Crippen molar-refractivity contribution >= 4 is 0 Å². The van der Waals surface area contributed by atoms with E-state index in [0.717, 1.165) is 0 Å². The van der Waals surface area contributed by atoms with Crippen LogP contribution in [0.3, 0.4) is 0 Å². The van der Waals surface area contributed by atoms with Gasteiger partial charge in [0.2, 0.25) is 0 Å². The van der Waals surface area contributed by atoms with Crippen LogP contribution in [0, 0.1) is 0 Å². The largest absolute Gasteiger partial charge is 0.313 e. The monoisotopic (exact) mass is 268 g/mol. The minimum absolute atomic E-state index is 0.708. The lowest BCUT2D eigenvalue weighted by Gasteiger charge is -2.40. The topological polar surface area (TPSA) is 21.8 Å². The zero-order chi connectivity index (χ0) is 13.7. The Bertz CT molecular complexity index is 259. The van der Waals surface area contributed by atoms with Crippen molar-refractivity contribution in [2.45, 2.75) is 38.3 Å². The lowest BCUT2D eigenvalue weighted by Crippen LogP contribution is -2.55. The second-order valence-electron chi connectivity index (χ2n) is 6.45. The lowest BCUT2D eigenvalue weighted by atomic mass is 10.1. The summed E-state index contributed by atoms with van der Waals surface area (Å²) < 4.78 is 0. The zero-order valence-electron chi connectivity index (χ0n) is 13.1. The predicted octanol–water partition coefficient (Wildman–Crippen LogP) is 0.696. The SMILES string of the molecule is CCCC1CN(CC2CN(C)CCN2C)CCCN1. The van der Waals surface area contributed by atoms with E-state index < -0.39 is 0 Å². The maximum Gasteiger partial charge on any atom is 0.0347 e. The highest BCUT2D eigenvalue weighted by Gasteiger charge is 2.26. The smallest absolute Gasteiger partial charge is 0.0347 e. The third-order valence-corrected chi connectivity index (χ3v) is 4.65. The summed E-state index contributed by atoms with van der Waals surface area (Å²) in [4.78, 5) is 7.72. The fraction of sp³-hybridized carbons (Fsp3) is 1.00. The van der Waals surface area contributed by atoms with Crippen molar-refractivity contribution in [3.63, 3.8) is 0 Å². The lowest BCUT2D eigenvalue weighted by molar-refractivity contribution is 0.0814. The summed E-state index contributed by atoms with van der Waals surface area (Å²) in [6, 6.07) is 1.42. The van der Waals surface area contributed by atoms with Crippen LogP contribution in [0.5, 0.6) is 0 Å². The highest BCUT2D eigenvalue weighted by atomic mass is 15.3. The molecule has 2 saturated heterocycles. The third kappa shape index (κ3) is 4.71. The molecule has 2 rings (SSSR count). The van der Waals surface area contributed by atoms with Crippen molar-refractivity contribution in [3.05, 3.63) is 0 Å². The van der Waals surface area contributed by atoms with Crippen molar-refractivity contribution in [1.82, 2.24) is 20.0 Å². The molecule has 0 saturated carbocycles. The van der Waals surface area contributed by atoms with Crippen molar-refractivity contribution < 1.29 is 0 Å². The first-order valence-electron chi connectivity index (χ1n) is 8.03. The average molecular weight is 268 g/mol. The summed E-state index contributed by atoms with van der Waals surface area (Å²) in [6.45, 7) is 10.9. The van der Waals surface area contributed by atoms with E-state index in [1.807, 2.05) is 0 Å². The molecule has 0 spiro atoms. The second-order valence-corrected chi connectivity index (χ2v) is 6.45. The molecule has 0 amide bonds. The van der Waals surface area contributed by atoms with Crippen LogP contribution in [0.4, 0.5) is 0 Å². The van der Waals surface area contributed by atoms with Crippen LogP contribution in [-0.4, -0.2) is 86.7 Å². The first-order valence-corrected chi connectivity index (χ1v) is 8.03. The number of hydrogen-bond donors (Lipinski definition) is 1. The van der Waals surface area contributed by atoms with Gasteiger partial charge in [-0.05, 0) is 40.0 Å². The van der Waals surface area contributed by atoms with Crippen molar-refractivity contribution in [1.29, 1.82) is 0 Å². The fourth-order valence-corrected chi connectivity index (χ4v) is 3.38. The maximum absolute atomic E-state index is 3.70. The van der Waals surface area contributed by atoms with Gasteiger partial charge in [0.05, 0.1) is 0 Å². The van der Waals surface area contributed by atoms with Crippen molar-refractivity contribution in [2.75, 3.05) is 59.9 Å². The molecule has 0 aromatic rings. The van der Waals surface area contributed by atoms with Gasteiger partial charge in [-0.2, -0.15) is 0 Å². The molecule has 0 aromatic heterocycles. The number of nitrogens with zero attached hydrogens (tertiary/aromatic N) is 3. The van der Waals surface area contributed by atoms with E-state index in [0.29, 0.717) is 12.1 Å². The van der Waals surface area contributed by atoms with E-state index >= 15 is 0 Å². The van der Waals surface area contributed by atoms with E-state index in [1.54, 1.807) is 0 Å². The summed E-state index contributed by atoms with van der Waals surface area (Å²) in [7, 11) is 4.54. The Morgan fingerprint density at radius 1 is 1.11 bits per heavy atom. The Labute approximate surface area is 119 Å². The van der Waals surface area contributed by atoms with Gasteiger partial charge in [-0.3, -0.25) is 4.90 Å². The molecule has 2 aliphatic rings. The highest BCUT2D eigenvalue weighted by Crippen LogP contribution is 2.11. The molecule has 0 aliphatic carbocycles. The van der Waals surface area contributed by atoms with Crippen molar-refractivity contribution in [3.8, 4) is 0 Å². The first kappa shape index (κ1) is 15.2. The quantitative estimate of drug-likeness (QED) is 0.810. The Balaban J connectivity index is 1.85. The highest BCUT2D eigenvalue weighted by molar-refractivity contribution is 4.84. The van der Waals surface area contributed by atoms with Crippen LogP contribution in [0.1, 0.15) is 26.2 Å². The van der Waals surface area contributed by atoms with Crippen molar-refractivity contribution in [2.24, 2.45) is 0 Å². The number of piperazine rings is 1. The van der Waals surface area contributed by atoms with E-state index in [1.165, 1.54) is 65.1 Å². The Kier molecular flexibility index (Phi) is 6.07. The normalized spacial score (nSPS) is 32.4. The maximum atomic E-state index is 3.70. The van der Waals surface area contributed by atoms with Gasteiger partial charge >= 0.3 is 0 Å². The summed E-state index contributed by atoms with van der Waals surface area (Å²) >= 11 is 0. The Hall–Kier alpha value is -0.160. The Morgan fingerprint density at radius 3 is 2.74 bits per heavy atom. The second kappa shape index (κ2) is 7.58. The summed E-state index contributed by atoms with van der Waals surface area (Å²) in [5, 5.41) is 3.70. The number of likely N-dealkylation sites (N-methyl/N-ethyl adjacent to an activating group) is 2. The summed E-state index contributed by atoms with van der Waals surface area (Å²) in [5.41, 5.74) is 0. The standard InChI is InChI=1S/C15H32N4/c1-4-6-14-11-19(8-5-7-16-14)13-15-12-17(2)9-10-18(15)3/h14-16H,4-13H2,1-3H3. The number of nitrogens with one attached hydrogen (secondary N) is 1. The van der Waals surface area contributed by atoms with Crippen LogP contribution < -0.4 is 5.32 Å². The summed E-state index contributed by atoms with van der Waals surface area (Å²) in [5.74, 6) is 0. The van der Waals surface area contributed by atoms with Crippen LogP contribution in [-0.2, 0) is 0 Å². The first-order chi connectivity index (χ1) is 9.19. The molecular weight excluding hydrogens is 236 g/mol. The summed E-state index contributed by atoms with van der Waals surface area (Å²) in [6.07, 6.45) is 3.90. The van der Waals surface area contributed by atoms with E-state index in [9.17, 15) is 0 Å². The molecule has 4 nitrogen and oxygen atoms in total. The van der Waals surface area contributed by atoms with Crippen LogP contribution in [0.15, 0.2) is 0 Å². The molecule has 4 heteroatoms. The molecule has 2 unspecified atom stereocenters. The minimum Gasteiger partial charge on any atom is -0.313 e. The van der Waals surface area contributed by atoms with E-state index in [-0.39, 0.29) is 0 Å². The molecular formula is C15H32N4. The van der Waals surface area contributed by atoms with E-state index in [2.05, 4.69) is 41.0 Å². The van der Waals surface area contributed by atoms with Gasteiger partial charge in [-0.1, -0.05) is 13.3 Å². The molecule has 1 N–H and O–H groups in total. The Morgan fingerprint density at radius 2 is 1.95 bits per heavy atom. The van der Waals surface area contributed by atoms with Crippen LogP contribution in [0.2, 0.25) is 0 Å². The van der Waals surface area contributed by atoms with Gasteiger partial charge < -0.3 is 15.1 Å². The third-order valence-electron chi connectivity index (χ3n) is 4.65. The molecule has 2 heterocycles. The average Bonchev–Trinajstić information content (AvgIpc) is 2.60. The fourth-order valence-electron chi connectivity index (χ4n) is 3.38. The van der Waals surface area contributed by atoms with Crippen LogP contribution >= 0.6 is 0 Å². The minimum atomic E-state index is 0.708. The van der Waals surface area contributed by atoms with Gasteiger partial charge in [0, 0.05) is 44.8 Å². The van der Waals surface area contributed by atoms with Gasteiger partial charge in [-0.15, -0.1) is 0 Å². The molecule has 112 valence electrons. The van der Waals surface area contributed by atoms with Gasteiger partial charge in [0.25, 0.3) is 0 Å². The zero-order valence-corrected chi connectivity index (χ0v) is 13.1. The van der Waals surface area contributed by atoms with Gasteiger partial charge in [0.1, 0.15) is 0 Å². The number of rotatable bonds is 4. The van der Waals surface area contributed by atoms with E-state index in [4.69, 9.17) is 0 Å². The molecule has 19 heavy (non-hydrogen) atoms.